The summed E-state index contributed by atoms with van der Waals surface area (Å²) in [7, 11) is -2.21. The zero-order valence-electron chi connectivity index (χ0n) is 21.8. The van der Waals surface area contributed by atoms with Crippen molar-refractivity contribution in [1.82, 2.24) is 19.5 Å². The second kappa shape index (κ2) is 10.0. The van der Waals surface area contributed by atoms with Crippen molar-refractivity contribution in [3.05, 3.63) is 16.7 Å². The summed E-state index contributed by atoms with van der Waals surface area (Å²) in [6.45, 7) is 19.7. The predicted octanol–water partition coefficient (Wildman–Crippen LogP) is 4.62. The number of imidazole rings is 1. The van der Waals surface area contributed by atoms with Crippen molar-refractivity contribution in [3.63, 3.8) is 0 Å². The van der Waals surface area contributed by atoms with E-state index in [1.807, 2.05) is 0 Å². The first-order valence-electron chi connectivity index (χ1n) is 12.0. The number of fused-ring (bicyclic) bond motifs is 1. The number of aromatic nitrogens is 4. The Hall–Kier alpha value is -1.82. The van der Waals surface area contributed by atoms with Crippen LogP contribution in [-0.2, 0) is 13.9 Å². The molecule has 0 aliphatic carbocycles. The molecule has 0 saturated carbocycles. The smallest absolute Gasteiger partial charge is 0.280 e. The molecular weight excluding hydrogens is 470 g/mol. The van der Waals surface area contributed by atoms with Gasteiger partial charge in [-0.2, -0.15) is 4.98 Å². The van der Waals surface area contributed by atoms with Crippen LogP contribution in [0.25, 0.3) is 11.2 Å². The first-order chi connectivity index (χ1) is 15.7. The van der Waals surface area contributed by atoms with Gasteiger partial charge in [-0.3, -0.25) is 14.3 Å². The molecule has 1 unspecified atom stereocenters. The summed E-state index contributed by atoms with van der Waals surface area (Å²) < 4.78 is 21.3. The van der Waals surface area contributed by atoms with E-state index in [1.165, 1.54) is 0 Å². The maximum absolute atomic E-state index is 12.7. The zero-order chi connectivity index (χ0) is 25.4. The lowest BCUT2D eigenvalue weighted by molar-refractivity contribution is -0.0324. The fraction of sp³-hybridized carbons (Fsp3) is 0.739. The van der Waals surface area contributed by atoms with Crippen LogP contribution in [0.5, 0.6) is 0 Å². The molecule has 0 spiro atoms. The Labute approximate surface area is 208 Å². The summed E-state index contributed by atoms with van der Waals surface area (Å²) in [5.41, 5.74) is 0.399. The van der Waals surface area contributed by atoms with Crippen LogP contribution in [0, 0.1) is 5.92 Å². The molecule has 1 fully saturated rings. The monoisotopic (exact) mass is 509 g/mol. The summed E-state index contributed by atoms with van der Waals surface area (Å²) in [5.74, 6) is 0.801. The number of nitrogens with one attached hydrogen (secondary N) is 2. The van der Waals surface area contributed by atoms with E-state index in [1.54, 1.807) is 17.8 Å². The Bertz CT molecular complexity index is 1080. The maximum Gasteiger partial charge on any atom is 0.280 e. The van der Waals surface area contributed by atoms with Crippen LogP contribution in [0.1, 0.15) is 61.1 Å². The topological polar surface area (TPSA) is 103 Å². The minimum Gasteiger partial charge on any atom is -0.479 e. The van der Waals surface area contributed by atoms with Crippen LogP contribution in [0.4, 0.5) is 5.95 Å². The standard InChI is InChI=1S/C23H39N5O4SSi/c1-10-15-17(30-14(4)33)18(32-34(8,9)23(5,6)7)21(31-15)28-12-25-16-19(28)26-22(27-20(16)29)24-11-13(2)3/h12-13,15,17-18,21H,10-11H2,1-9H3,(H2,24,26,27,29)/t15-,17?,18+,21-/m1/s1. The molecule has 0 aromatic carbocycles. The summed E-state index contributed by atoms with van der Waals surface area (Å²) in [4.78, 5) is 24.5. The molecule has 2 aromatic rings. The number of thiocarbonyl (C=S) groups is 1. The van der Waals surface area contributed by atoms with Gasteiger partial charge in [-0.1, -0.05) is 41.5 Å². The van der Waals surface area contributed by atoms with E-state index in [4.69, 9.17) is 26.1 Å². The van der Waals surface area contributed by atoms with Gasteiger partial charge in [-0.25, -0.2) is 4.98 Å². The lowest BCUT2D eigenvalue weighted by Gasteiger charge is -2.40. The van der Waals surface area contributed by atoms with E-state index >= 15 is 0 Å². The minimum absolute atomic E-state index is 0.0144. The summed E-state index contributed by atoms with van der Waals surface area (Å²) in [5, 5.41) is 3.63. The van der Waals surface area contributed by atoms with Crippen LogP contribution in [0.3, 0.4) is 0 Å². The molecule has 190 valence electrons. The molecular formula is C23H39N5O4SSi. The number of hydrogen-bond acceptors (Lipinski definition) is 8. The van der Waals surface area contributed by atoms with Gasteiger partial charge in [0.25, 0.3) is 5.56 Å². The highest BCUT2D eigenvalue weighted by molar-refractivity contribution is 7.80. The molecule has 0 bridgehead atoms. The molecule has 2 N–H and O–H groups in total. The number of anilines is 1. The van der Waals surface area contributed by atoms with Crippen LogP contribution >= 0.6 is 12.2 Å². The Balaban J connectivity index is 2.09. The van der Waals surface area contributed by atoms with Gasteiger partial charge in [0.15, 0.2) is 36.9 Å². The van der Waals surface area contributed by atoms with Crippen LogP contribution in [-0.4, -0.2) is 57.7 Å². The number of nitrogens with zero attached hydrogens (tertiary/aromatic N) is 3. The van der Waals surface area contributed by atoms with Gasteiger partial charge in [0, 0.05) is 13.5 Å². The second-order valence-electron chi connectivity index (χ2n) is 10.9. The molecule has 0 radical (unpaired) electrons. The van der Waals surface area contributed by atoms with E-state index in [2.05, 4.69) is 74.9 Å². The van der Waals surface area contributed by atoms with Gasteiger partial charge in [-0.15, -0.1) is 0 Å². The molecule has 1 aliphatic heterocycles. The van der Waals surface area contributed by atoms with E-state index in [0.717, 1.165) is 6.42 Å². The van der Waals surface area contributed by atoms with E-state index < -0.39 is 20.6 Å². The normalized spacial score (nSPS) is 23.6. The number of H-pyrrole nitrogens is 1. The number of rotatable bonds is 8. The Kier molecular flexibility index (Phi) is 7.91. The van der Waals surface area contributed by atoms with Crippen molar-refractivity contribution in [2.45, 2.75) is 97.6 Å². The van der Waals surface area contributed by atoms with Crippen LogP contribution in [0.2, 0.25) is 18.1 Å². The van der Waals surface area contributed by atoms with Gasteiger partial charge in [0.1, 0.15) is 6.10 Å². The number of ether oxygens (including phenoxy) is 2. The van der Waals surface area contributed by atoms with Crippen molar-refractivity contribution < 1.29 is 13.9 Å². The molecule has 11 heteroatoms. The number of hydrogen-bond donors (Lipinski definition) is 2. The first-order valence-corrected chi connectivity index (χ1v) is 15.3. The fourth-order valence-corrected chi connectivity index (χ4v) is 5.13. The van der Waals surface area contributed by atoms with Gasteiger partial charge in [0.05, 0.1) is 12.4 Å². The highest BCUT2D eigenvalue weighted by Gasteiger charge is 2.52. The van der Waals surface area contributed by atoms with Crippen molar-refractivity contribution in [1.29, 1.82) is 0 Å². The molecule has 1 aliphatic rings. The third-order valence-corrected chi connectivity index (χ3v) is 11.2. The van der Waals surface area contributed by atoms with Crippen LogP contribution < -0.4 is 10.9 Å². The molecule has 3 rings (SSSR count). The first kappa shape index (κ1) is 26.8. The summed E-state index contributed by atoms with van der Waals surface area (Å²) in [6, 6.07) is 0. The van der Waals surface area contributed by atoms with Gasteiger partial charge < -0.3 is 19.2 Å². The van der Waals surface area contributed by atoms with Crippen molar-refractivity contribution in [2.24, 2.45) is 5.92 Å². The Morgan fingerprint density at radius 3 is 2.59 bits per heavy atom. The Morgan fingerprint density at radius 2 is 2.03 bits per heavy atom. The van der Waals surface area contributed by atoms with Crippen molar-refractivity contribution in [3.8, 4) is 0 Å². The molecule has 34 heavy (non-hydrogen) atoms. The molecule has 2 aromatic heterocycles. The van der Waals surface area contributed by atoms with E-state index in [0.29, 0.717) is 29.1 Å². The SMILES string of the molecule is CC[C@H]1O[C@@H](n2cnc3c(=O)[nH]c(NCC(C)C)nc32)[C@@H](O[Si](C)(C)C(C)(C)C)C1OC(C)=S. The van der Waals surface area contributed by atoms with Crippen molar-refractivity contribution >= 4 is 42.7 Å². The molecule has 0 amide bonds. The number of aromatic amines is 1. The largest absolute Gasteiger partial charge is 0.479 e. The maximum atomic E-state index is 12.7. The zero-order valence-corrected chi connectivity index (χ0v) is 23.6. The van der Waals surface area contributed by atoms with Crippen molar-refractivity contribution in [2.75, 3.05) is 11.9 Å². The Morgan fingerprint density at radius 1 is 1.35 bits per heavy atom. The molecule has 1 saturated heterocycles. The lowest BCUT2D eigenvalue weighted by Crippen LogP contribution is -2.49. The molecule has 9 nitrogen and oxygen atoms in total. The van der Waals surface area contributed by atoms with Gasteiger partial charge in [-0.05, 0) is 42.7 Å². The highest BCUT2D eigenvalue weighted by Crippen LogP contribution is 2.43. The lowest BCUT2D eigenvalue weighted by atomic mass is 10.1. The van der Waals surface area contributed by atoms with Gasteiger partial charge >= 0.3 is 0 Å². The molecule has 4 atom stereocenters. The third kappa shape index (κ3) is 5.53. The van der Waals surface area contributed by atoms with Gasteiger partial charge in [0.2, 0.25) is 5.95 Å². The minimum atomic E-state index is -2.21. The average molecular weight is 510 g/mol. The average Bonchev–Trinajstić information content (AvgIpc) is 3.27. The van der Waals surface area contributed by atoms with E-state index in [-0.39, 0.29) is 28.3 Å². The van der Waals surface area contributed by atoms with E-state index in [9.17, 15) is 4.79 Å². The summed E-state index contributed by atoms with van der Waals surface area (Å²) >= 11 is 5.29. The second-order valence-corrected chi connectivity index (χ2v) is 16.2. The molecule has 3 heterocycles. The van der Waals surface area contributed by atoms with Crippen LogP contribution in [0.15, 0.2) is 11.1 Å². The predicted molar refractivity (Wildman–Crippen MR) is 141 cm³/mol. The highest BCUT2D eigenvalue weighted by atomic mass is 32.1. The summed E-state index contributed by atoms with van der Waals surface area (Å²) in [6.07, 6.45) is 0.731. The third-order valence-electron chi connectivity index (χ3n) is 6.61. The fourth-order valence-electron chi connectivity index (χ4n) is 3.73. The quantitative estimate of drug-likeness (QED) is 0.393.